The molecule has 0 atom stereocenters. The summed E-state index contributed by atoms with van der Waals surface area (Å²) in [6.45, 7) is 4.87. The van der Waals surface area contributed by atoms with E-state index < -0.39 is 5.60 Å². The van der Waals surface area contributed by atoms with Crippen molar-refractivity contribution < 1.29 is 9.90 Å². The van der Waals surface area contributed by atoms with Crippen LogP contribution in [0.1, 0.15) is 41.3 Å². The van der Waals surface area contributed by atoms with Gasteiger partial charge in [-0.3, -0.25) is 4.79 Å². The van der Waals surface area contributed by atoms with Crippen LogP contribution in [0.4, 0.5) is 0 Å². The fourth-order valence-corrected chi connectivity index (χ4v) is 2.80. The lowest BCUT2D eigenvalue weighted by Crippen LogP contribution is -2.45. The first kappa shape index (κ1) is 12.6. The smallest absolute Gasteiger partial charge is 0.253 e. The zero-order valence-corrected chi connectivity index (χ0v) is 11.3. The molecule has 1 amide bonds. The van der Waals surface area contributed by atoms with Crippen molar-refractivity contribution in [3.63, 3.8) is 0 Å². The molecule has 1 fully saturated rings. The van der Waals surface area contributed by atoms with Crippen LogP contribution >= 0.6 is 0 Å². The second-order valence-corrected chi connectivity index (χ2v) is 5.88. The number of aliphatic hydroxyl groups is 1. The van der Waals surface area contributed by atoms with Crippen molar-refractivity contribution in [1.82, 2.24) is 10.2 Å². The van der Waals surface area contributed by atoms with Crippen LogP contribution in [0.2, 0.25) is 0 Å². The van der Waals surface area contributed by atoms with Crippen LogP contribution < -0.4 is 5.32 Å². The van der Waals surface area contributed by atoms with Crippen LogP contribution in [-0.2, 0) is 13.1 Å². The molecule has 1 saturated heterocycles. The largest absolute Gasteiger partial charge is 0.390 e. The number of nitrogens with one attached hydrogen (secondary N) is 1. The molecule has 0 radical (unpaired) electrons. The van der Waals surface area contributed by atoms with Gasteiger partial charge in [-0.05, 0) is 43.0 Å². The van der Waals surface area contributed by atoms with Gasteiger partial charge < -0.3 is 15.3 Å². The second kappa shape index (κ2) is 4.62. The summed E-state index contributed by atoms with van der Waals surface area (Å²) in [6, 6.07) is 5.97. The van der Waals surface area contributed by atoms with E-state index in [0.717, 1.165) is 18.7 Å². The highest BCUT2D eigenvalue weighted by Gasteiger charge is 2.30. The molecule has 2 N–H and O–H groups in total. The molecule has 0 unspecified atom stereocenters. The summed E-state index contributed by atoms with van der Waals surface area (Å²) in [5.74, 6) is 0.0881. The molecule has 2 heterocycles. The summed E-state index contributed by atoms with van der Waals surface area (Å²) in [5, 5.41) is 13.2. The first-order valence-electron chi connectivity index (χ1n) is 6.89. The molecule has 4 heteroatoms. The molecule has 1 aromatic carbocycles. The van der Waals surface area contributed by atoms with E-state index in [1.807, 2.05) is 30.0 Å². The van der Waals surface area contributed by atoms with E-state index in [1.54, 1.807) is 0 Å². The van der Waals surface area contributed by atoms with Gasteiger partial charge in [-0.15, -0.1) is 0 Å². The van der Waals surface area contributed by atoms with E-state index in [4.69, 9.17) is 0 Å². The Kier molecular flexibility index (Phi) is 3.07. The van der Waals surface area contributed by atoms with Crippen molar-refractivity contribution >= 4 is 5.91 Å². The summed E-state index contributed by atoms with van der Waals surface area (Å²) >= 11 is 0. The number of hydrogen-bond donors (Lipinski definition) is 2. The maximum atomic E-state index is 12.4. The van der Waals surface area contributed by atoms with Crippen molar-refractivity contribution in [2.24, 2.45) is 0 Å². The lowest BCUT2D eigenvalue weighted by molar-refractivity contribution is -0.00202. The van der Waals surface area contributed by atoms with Crippen molar-refractivity contribution in [1.29, 1.82) is 0 Å². The minimum atomic E-state index is -0.612. The Morgan fingerprint density at radius 3 is 2.68 bits per heavy atom. The van der Waals surface area contributed by atoms with Crippen LogP contribution in [0.15, 0.2) is 18.2 Å². The number of rotatable bonds is 1. The molecule has 1 aromatic rings. The van der Waals surface area contributed by atoms with Crippen LogP contribution in [-0.4, -0.2) is 34.6 Å². The third-order valence-corrected chi connectivity index (χ3v) is 4.21. The van der Waals surface area contributed by atoms with E-state index in [9.17, 15) is 9.90 Å². The summed E-state index contributed by atoms with van der Waals surface area (Å²) in [7, 11) is 0. The Hall–Kier alpha value is -1.39. The van der Waals surface area contributed by atoms with Gasteiger partial charge in [0.2, 0.25) is 0 Å². The van der Waals surface area contributed by atoms with Gasteiger partial charge in [0.25, 0.3) is 5.91 Å². The Morgan fingerprint density at radius 1 is 1.26 bits per heavy atom. The molecule has 0 aliphatic carbocycles. The molecule has 2 aliphatic rings. The van der Waals surface area contributed by atoms with E-state index >= 15 is 0 Å². The number of carbonyl (C=O) groups is 1. The number of piperidine rings is 1. The first-order valence-corrected chi connectivity index (χ1v) is 6.89. The zero-order valence-electron chi connectivity index (χ0n) is 11.3. The van der Waals surface area contributed by atoms with Gasteiger partial charge in [0, 0.05) is 31.7 Å². The average Bonchev–Trinajstić information content (AvgIpc) is 2.85. The predicted molar refractivity (Wildman–Crippen MR) is 72.7 cm³/mol. The highest BCUT2D eigenvalue weighted by Crippen LogP contribution is 2.23. The number of likely N-dealkylation sites (tertiary alicyclic amines) is 1. The van der Waals surface area contributed by atoms with E-state index in [-0.39, 0.29) is 5.91 Å². The maximum absolute atomic E-state index is 12.4. The van der Waals surface area contributed by atoms with Crippen LogP contribution in [0.3, 0.4) is 0 Å². The Bertz CT molecular complexity index is 501. The SMILES string of the molecule is CC1(O)CCN(C(=O)c2ccc3c(c2)CNC3)CC1. The zero-order chi connectivity index (χ0) is 13.5. The third kappa shape index (κ3) is 2.51. The number of nitrogens with zero attached hydrogens (tertiary/aromatic N) is 1. The molecule has 102 valence electrons. The molecule has 19 heavy (non-hydrogen) atoms. The van der Waals surface area contributed by atoms with Crippen molar-refractivity contribution in [3.05, 3.63) is 34.9 Å². The molecule has 0 saturated carbocycles. The number of hydrogen-bond acceptors (Lipinski definition) is 3. The number of fused-ring (bicyclic) bond motifs is 1. The van der Waals surface area contributed by atoms with Gasteiger partial charge in [0.15, 0.2) is 0 Å². The molecule has 2 aliphatic heterocycles. The second-order valence-electron chi connectivity index (χ2n) is 5.88. The summed E-state index contributed by atoms with van der Waals surface area (Å²) < 4.78 is 0. The van der Waals surface area contributed by atoms with Gasteiger partial charge in [-0.2, -0.15) is 0 Å². The lowest BCUT2D eigenvalue weighted by atomic mass is 9.93. The number of benzene rings is 1. The summed E-state index contributed by atoms with van der Waals surface area (Å²) in [6.07, 6.45) is 1.32. The number of amides is 1. The van der Waals surface area contributed by atoms with Crippen molar-refractivity contribution in [2.45, 2.75) is 38.5 Å². The van der Waals surface area contributed by atoms with E-state index in [2.05, 4.69) is 5.32 Å². The minimum absolute atomic E-state index is 0.0881. The quantitative estimate of drug-likeness (QED) is 0.799. The third-order valence-electron chi connectivity index (χ3n) is 4.21. The molecule has 0 aromatic heterocycles. The van der Waals surface area contributed by atoms with Crippen LogP contribution in [0.25, 0.3) is 0 Å². The van der Waals surface area contributed by atoms with Crippen molar-refractivity contribution in [2.75, 3.05) is 13.1 Å². The molecular formula is C15H20N2O2. The van der Waals surface area contributed by atoms with Gasteiger partial charge in [-0.1, -0.05) is 6.07 Å². The molecule has 4 nitrogen and oxygen atoms in total. The van der Waals surface area contributed by atoms with Gasteiger partial charge in [0.05, 0.1) is 5.60 Å². The predicted octanol–water partition coefficient (Wildman–Crippen LogP) is 1.28. The number of carbonyl (C=O) groups excluding carboxylic acids is 1. The molecular weight excluding hydrogens is 240 g/mol. The van der Waals surface area contributed by atoms with Crippen LogP contribution in [0.5, 0.6) is 0 Å². The van der Waals surface area contributed by atoms with Gasteiger partial charge in [0.1, 0.15) is 0 Å². The van der Waals surface area contributed by atoms with E-state index in [1.165, 1.54) is 11.1 Å². The average molecular weight is 260 g/mol. The van der Waals surface area contributed by atoms with Crippen LogP contribution in [0, 0.1) is 0 Å². The van der Waals surface area contributed by atoms with Gasteiger partial charge in [-0.25, -0.2) is 0 Å². The Labute approximate surface area is 113 Å². The minimum Gasteiger partial charge on any atom is -0.390 e. The molecule has 3 rings (SSSR count). The lowest BCUT2D eigenvalue weighted by Gasteiger charge is -2.35. The van der Waals surface area contributed by atoms with E-state index in [0.29, 0.717) is 25.9 Å². The van der Waals surface area contributed by atoms with Crippen molar-refractivity contribution in [3.8, 4) is 0 Å². The summed E-state index contributed by atoms with van der Waals surface area (Å²) in [5.41, 5.74) is 2.68. The molecule has 0 bridgehead atoms. The fraction of sp³-hybridized carbons (Fsp3) is 0.533. The maximum Gasteiger partial charge on any atom is 0.253 e. The molecule has 0 spiro atoms. The fourth-order valence-electron chi connectivity index (χ4n) is 2.80. The first-order chi connectivity index (χ1) is 9.05. The summed E-state index contributed by atoms with van der Waals surface area (Å²) in [4.78, 5) is 14.3. The monoisotopic (exact) mass is 260 g/mol. The van der Waals surface area contributed by atoms with Gasteiger partial charge >= 0.3 is 0 Å². The normalized spacial score (nSPS) is 21.3. The Balaban J connectivity index is 1.74. The standard InChI is InChI=1S/C15H20N2O2/c1-15(19)4-6-17(7-5-15)14(18)11-2-3-12-9-16-10-13(12)8-11/h2-3,8,16,19H,4-7,9-10H2,1H3. The Morgan fingerprint density at radius 2 is 1.95 bits per heavy atom. The highest BCUT2D eigenvalue weighted by atomic mass is 16.3. The highest BCUT2D eigenvalue weighted by molar-refractivity contribution is 5.94. The topological polar surface area (TPSA) is 52.6 Å².